The third-order valence-corrected chi connectivity index (χ3v) is 7.57. The number of anilines is 1. The van der Waals surface area contributed by atoms with Gasteiger partial charge in [0.25, 0.3) is 0 Å². The van der Waals surface area contributed by atoms with Crippen molar-refractivity contribution in [1.82, 2.24) is 9.88 Å². The zero-order valence-corrected chi connectivity index (χ0v) is 19.0. The number of carboxylic acids is 1. The Morgan fingerprint density at radius 2 is 2.09 bits per heavy atom. The van der Waals surface area contributed by atoms with Gasteiger partial charge in [-0.3, -0.25) is 4.90 Å². The molecule has 1 saturated heterocycles. The van der Waals surface area contributed by atoms with E-state index in [0.717, 1.165) is 36.5 Å². The summed E-state index contributed by atoms with van der Waals surface area (Å²) in [6, 6.07) is 10.0. The van der Waals surface area contributed by atoms with Gasteiger partial charge in [0.2, 0.25) is 0 Å². The molecule has 0 bridgehead atoms. The van der Waals surface area contributed by atoms with E-state index in [0.29, 0.717) is 11.0 Å². The number of piperidine rings is 1. The molecular formula is C26H31N3O3. The van der Waals surface area contributed by atoms with Gasteiger partial charge in [-0.15, -0.1) is 0 Å². The number of nitrogens with zero attached hydrogens (tertiary/aromatic N) is 1. The molecular weight excluding hydrogens is 402 g/mol. The monoisotopic (exact) mass is 433 g/mol. The van der Waals surface area contributed by atoms with Crippen LogP contribution in [-0.4, -0.2) is 41.7 Å². The van der Waals surface area contributed by atoms with Gasteiger partial charge in [-0.1, -0.05) is 6.07 Å². The maximum atomic E-state index is 11.5. The highest BCUT2D eigenvalue weighted by atomic mass is 16.5. The second-order valence-electron chi connectivity index (χ2n) is 9.44. The van der Waals surface area contributed by atoms with Crippen LogP contribution in [0.4, 0.5) is 5.69 Å². The molecule has 32 heavy (non-hydrogen) atoms. The predicted molar refractivity (Wildman–Crippen MR) is 127 cm³/mol. The molecule has 6 heteroatoms. The van der Waals surface area contributed by atoms with Gasteiger partial charge in [0, 0.05) is 48.0 Å². The van der Waals surface area contributed by atoms with Gasteiger partial charge in [-0.25, -0.2) is 4.79 Å². The van der Waals surface area contributed by atoms with Crippen molar-refractivity contribution in [3.63, 3.8) is 0 Å². The Kier molecular flexibility index (Phi) is 5.13. The van der Waals surface area contributed by atoms with Crippen LogP contribution in [0.5, 0.6) is 5.75 Å². The Morgan fingerprint density at radius 3 is 2.78 bits per heavy atom. The van der Waals surface area contributed by atoms with Crippen LogP contribution in [-0.2, 0) is 6.54 Å². The molecule has 168 valence electrons. The average Bonchev–Trinajstić information content (AvgIpc) is 3.35. The number of rotatable bonds is 6. The molecule has 1 saturated carbocycles. The Morgan fingerprint density at radius 1 is 1.28 bits per heavy atom. The molecule has 0 amide bonds. The molecule has 2 heterocycles. The molecule has 3 aromatic rings. The van der Waals surface area contributed by atoms with E-state index in [-0.39, 0.29) is 6.04 Å². The predicted octanol–water partition coefficient (Wildman–Crippen LogP) is 5.34. The number of aromatic amines is 1. The van der Waals surface area contributed by atoms with Crippen LogP contribution in [0.1, 0.15) is 58.8 Å². The number of methoxy groups -OCH3 is 1. The fraction of sp³-hybridized carbons (Fsp3) is 0.423. The van der Waals surface area contributed by atoms with Crippen molar-refractivity contribution in [3.8, 4) is 5.75 Å². The average molecular weight is 434 g/mol. The van der Waals surface area contributed by atoms with Gasteiger partial charge in [0.05, 0.1) is 12.7 Å². The number of aromatic carboxylic acids is 1. The Hall–Kier alpha value is -2.99. The molecule has 6 nitrogen and oxygen atoms in total. The van der Waals surface area contributed by atoms with Crippen molar-refractivity contribution in [3.05, 3.63) is 58.8 Å². The van der Waals surface area contributed by atoms with E-state index in [9.17, 15) is 9.90 Å². The Labute approximate surface area is 188 Å². The number of aromatic nitrogens is 1. The molecule has 2 fully saturated rings. The van der Waals surface area contributed by atoms with Crippen LogP contribution >= 0.6 is 0 Å². The van der Waals surface area contributed by atoms with Gasteiger partial charge in [-0.05, 0) is 80.0 Å². The van der Waals surface area contributed by atoms with Crippen molar-refractivity contribution in [2.45, 2.75) is 45.2 Å². The van der Waals surface area contributed by atoms with Crippen LogP contribution in [0.25, 0.3) is 10.9 Å². The van der Waals surface area contributed by atoms with E-state index in [1.807, 2.05) is 19.3 Å². The zero-order valence-electron chi connectivity index (χ0n) is 19.0. The van der Waals surface area contributed by atoms with Crippen LogP contribution in [0.3, 0.4) is 0 Å². The van der Waals surface area contributed by atoms with Crippen LogP contribution in [0.2, 0.25) is 0 Å². The minimum absolute atomic E-state index is 0.233. The Balaban J connectivity index is 1.55. The van der Waals surface area contributed by atoms with Crippen molar-refractivity contribution in [2.24, 2.45) is 5.41 Å². The topological polar surface area (TPSA) is 77.6 Å². The van der Waals surface area contributed by atoms with Crippen molar-refractivity contribution in [1.29, 1.82) is 0 Å². The molecule has 2 aromatic carbocycles. The second kappa shape index (κ2) is 7.85. The molecule has 1 atom stereocenters. The normalized spacial score (nSPS) is 19.9. The smallest absolute Gasteiger partial charge is 0.335 e. The lowest BCUT2D eigenvalue weighted by molar-refractivity contribution is 0.0696. The number of benzene rings is 2. The number of nitrogens with one attached hydrogen (secondary N) is 2. The van der Waals surface area contributed by atoms with Gasteiger partial charge < -0.3 is 20.1 Å². The number of aryl methyl sites for hydroxylation is 1. The highest BCUT2D eigenvalue weighted by Gasteiger charge is 2.48. The van der Waals surface area contributed by atoms with E-state index in [1.54, 1.807) is 19.2 Å². The number of ether oxygens (including phenoxy) is 1. The molecule has 2 aliphatic rings. The van der Waals surface area contributed by atoms with E-state index in [2.05, 4.69) is 34.3 Å². The third kappa shape index (κ3) is 3.52. The molecule has 1 spiro atoms. The molecule has 0 unspecified atom stereocenters. The van der Waals surface area contributed by atoms with Crippen LogP contribution in [0, 0.1) is 12.3 Å². The first kappa shape index (κ1) is 20.9. The summed E-state index contributed by atoms with van der Waals surface area (Å²) in [6.45, 7) is 3.93. The fourth-order valence-corrected chi connectivity index (χ4v) is 5.49. The summed E-state index contributed by atoms with van der Waals surface area (Å²) in [4.78, 5) is 17.5. The van der Waals surface area contributed by atoms with Crippen LogP contribution in [0.15, 0.2) is 36.5 Å². The molecule has 3 N–H and O–H groups in total. The number of likely N-dealkylation sites (tertiary alicyclic amines) is 1. The highest BCUT2D eigenvalue weighted by Crippen LogP contribution is 2.59. The second-order valence-corrected chi connectivity index (χ2v) is 9.44. The minimum atomic E-state index is -0.897. The number of fused-ring (bicyclic) bond motifs is 1. The first-order valence-electron chi connectivity index (χ1n) is 11.4. The van der Waals surface area contributed by atoms with Gasteiger partial charge >= 0.3 is 5.97 Å². The van der Waals surface area contributed by atoms with E-state index < -0.39 is 5.97 Å². The summed E-state index contributed by atoms with van der Waals surface area (Å²) in [5.41, 5.74) is 6.41. The summed E-state index contributed by atoms with van der Waals surface area (Å²) in [5.74, 6) is 0.0292. The Bertz CT molecular complexity index is 1180. The van der Waals surface area contributed by atoms with Crippen molar-refractivity contribution in [2.75, 3.05) is 26.0 Å². The van der Waals surface area contributed by atoms with E-state index in [4.69, 9.17) is 4.74 Å². The van der Waals surface area contributed by atoms with Crippen molar-refractivity contribution < 1.29 is 14.6 Å². The first-order valence-corrected chi connectivity index (χ1v) is 11.4. The third-order valence-electron chi connectivity index (χ3n) is 7.57. The van der Waals surface area contributed by atoms with Crippen molar-refractivity contribution >= 4 is 22.6 Å². The number of H-pyrrole nitrogens is 1. The lowest BCUT2D eigenvalue weighted by Crippen LogP contribution is -2.37. The maximum absolute atomic E-state index is 11.5. The maximum Gasteiger partial charge on any atom is 0.335 e. The lowest BCUT2D eigenvalue weighted by atomic mass is 9.83. The van der Waals surface area contributed by atoms with E-state index in [1.165, 1.54) is 41.3 Å². The van der Waals surface area contributed by atoms with Gasteiger partial charge in [-0.2, -0.15) is 0 Å². The number of hydrogen-bond donors (Lipinski definition) is 3. The summed E-state index contributed by atoms with van der Waals surface area (Å²) < 4.78 is 5.81. The number of carboxylic acid groups (broad SMARTS) is 1. The van der Waals surface area contributed by atoms with Gasteiger partial charge in [0.1, 0.15) is 5.75 Å². The molecule has 0 radical (unpaired) electrons. The van der Waals surface area contributed by atoms with Gasteiger partial charge in [0.15, 0.2) is 0 Å². The largest absolute Gasteiger partial charge is 0.496 e. The molecule has 1 aliphatic heterocycles. The number of carbonyl (C=O) groups is 1. The highest BCUT2D eigenvalue weighted by molar-refractivity contribution is 5.89. The fourth-order valence-electron chi connectivity index (χ4n) is 5.49. The number of hydrogen-bond acceptors (Lipinski definition) is 4. The first-order chi connectivity index (χ1) is 15.4. The lowest BCUT2D eigenvalue weighted by Gasteiger charge is -2.41. The molecule has 1 aromatic heterocycles. The quantitative estimate of drug-likeness (QED) is 0.489. The summed E-state index contributed by atoms with van der Waals surface area (Å²) in [5, 5.41) is 13.9. The molecule has 5 rings (SSSR count). The summed E-state index contributed by atoms with van der Waals surface area (Å²) in [6.07, 6.45) is 6.93. The van der Waals surface area contributed by atoms with Crippen LogP contribution < -0.4 is 10.1 Å². The molecule has 1 aliphatic carbocycles. The summed E-state index contributed by atoms with van der Waals surface area (Å²) in [7, 11) is 3.62. The standard InChI is InChI=1S/C26H31N3O3/c1-16-12-23(32-3)20(18-6-10-28-24(16)18)15-29-11-9-26(7-8-26)14-22(29)19-5-4-17(25(30)31)13-21(19)27-2/h4-6,10,12-13,22,27-28H,7-9,11,14-15H2,1-3H3,(H,30,31)/t22-/m1/s1. The summed E-state index contributed by atoms with van der Waals surface area (Å²) >= 11 is 0. The SMILES string of the molecule is CNc1cc(C(=O)O)ccc1[C@H]1CC2(CCN1Cc1c(OC)cc(C)c3[nH]ccc13)CC2. The zero-order chi connectivity index (χ0) is 22.5. The van der Waals surface area contributed by atoms with E-state index >= 15 is 0 Å². The minimum Gasteiger partial charge on any atom is -0.496 e.